The van der Waals surface area contributed by atoms with Gasteiger partial charge in [-0.05, 0) is 31.4 Å². The van der Waals surface area contributed by atoms with Crippen molar-refractivity contribution < 1.29 is 28.8 Å². The van der Waals surface area contributed by atoms with Crippen LogP contribution < -0.4 is 15.5 Å². The molecule has 1 unspecified atom stereocenters. The topological polar surface area (TPSA) is 140 Å². The number of anilines is 1. The molecule has 2 heterocycles. The van der Waals surface area contributed by atoms with Crippen molar-refractivity contribution in [3.05, 3.63) is 81.0 Å². The number of carbonyl (C=O) groups is 3. The number of nitro benzene ring substituents is 1. The van der Waals surface area contributed by atoms with E-state index >= 15 is 0 Å². The molecule has 1 atom stereocenters. The molecular weight excluding hydrogens is 468 g/mol. The normalized spacial score (nSPS) is 17.3. The van der Waals surface area contributed by atoms with Crippen LogP contribution in [0.25, 0.3) is 0 Å². The highest BCUT2D eigenvalue weighted by molar-refractivity contribution is 5.98. The summed E-state index contributed by atoms with van der Waals surface area (Å²) in [6.07, 6.45) is 1.89. The van der Waals surface area contributed by atoms with Crippen LogP contribution in [0.2, 0.25) is 0 Å². The van der Waals surface area contributed by atoms with Crippen molar-refractivity contribution in [1.29, 1.82) is 0 Å². The van der Waals surface area contributed by atoms with Crippen molar-refractivity contribution >= 4 is 29.3 Å². The highest BCUT2D eigenvalue weighted by atomic mass is 16.6. The van der Waals surface area contributed by atoms with Crippen molar-refractivity contribution in [3.63, 3.8) is 0 Å². The van der Waals surface area contributed by atoms with Gasteiger partial charge in [0.1, 0.15) is 6.61 Å². The zero-order valence-electron chi connectivity index (χ0n) is 19.7. The van der Waals surface area contributed by atoms with E-state index in [1.54, 1.807) is 43.3 Å². The Kier molecular flexibility index (Phi) is 7.47. The van der Waals surface area contributed by atoms with E-state index in [2.05, 4.69) is 10.6 Å². The Morgan fingerprint density at radius 2 is 1.81 bits per heavy atom. The Labute approximate surface area is 207 Å². The molecule has 1 fully saturated rings. The van der Waals surface area contributed by atoms with Gasteiger partial charge in [0.15, 0.2) is 0 Å². The largest absolute Gasteiger partial charge is 0.463 e. The molecule has 2 aromatic rings. The first-order valence-electron chi connectivity index (χ1n) is 11.6. The average Bonchev–Trinajstić information content (AvgIpc) is 3.42. The molecule has 0 spiro atoms. The van der Waals surface area contributed by atoms with Gasteiger partial charge in [-0.25, -0.2) is 14.4 Å². The third kappa shape index (κ3) is 5.29. The van der Waals surface area contributed by atoms with E-state index in [1.807, 2.05) is 4.90 Å². The van der Waals surface area contributed by atoms with Crippen LogP contribution in [-0.4, -0.2) is 49.2 Å². The number of carbonyl (C=O) groups excluding carboxylic acids is 3. The second-order valence-electron chi connectivity index (χ2n) is 8.28. The Hall–Kier alpha value is -4.41. The lowest BCUT2D eigenvalue weighted by atomic mass is 9.95. The Bertz CT molecular complexity index is 1210. The number of non-ortho nitro benzene ring substituents is 1. The summed E-state index contributed by atoms with van der Waals surface area (Å²) in [6.45, 7) is 2.77. The first kappa shape index (κ1) is 24.7. The lowest BCUT2D eigenvalue weighted by Crippen LogP contribution is -2.47. The number of nitrogens with zero attached hydrogens (tertiary/aromatic N) is 2. The fraction of sp³-hybridized carbons (Fsp3) is 0.320. The summed E-state index contributed by atoms with van der Waals surface area (Å²) in [5.74, 6) is -1.47. The molecule has 1 saturated heterocycles. The van der Waals surface area contributed by atoms with Crippen LogP contribution in [0.15, 0.2) is 59.8 Å². The van der Waals surface area contributed by atoms with Gasteiger partial charge >= 0.3 is 18.0 Å². The number of esters is 2. The van der Waals surface area contributed by atoms with Crippen molar-refractivity contribution in [3.8, 4) is 0 Å². The van der Waals surface area contributed by atoms with E-state index in [9.17, 15) is 24.5 Å². The van der Waals surface area contributed by atoms with Gasteiger partial charge in [-0.15, -0.1) is 0 Å². The molecule has 0 aliphatic carbocycles. The standard InChI is InChI=1S/C25H26N4O7/c1-2-35-24(31)21-19(26-25(32)27-22(21)16-8-4-3-5-9-16)15-36-23(30)18-14-17(29(33)34)10-11-20(18)28-12-6-7-13-28/h3-5,8-11,14,22H,2,6-7,12-13,15H2,1H3,(H2,26,27,32). The summed E-state index contributed by atoms with van der Waals surface area (Å²) in [4.78, 5) is 51.1. The van der Waals surface area contributed by atoms with Gasteiger partial charge in [-0.1, -0.05) is 30.3 Å². The Morgan fingerprint density at radius 1 is 1.08 bits per heavy atom. The van der Waals surface area contributed by atoms with Crippen molar-refractivity contribution in [2.75, 3.05) is 31.2 Å². The summed E-state index contributed by atoms with van der Waals surface area (Å²) in [7, 11) is 0. The molecule has 11 nitrogen and oxygen atoms in total. The molecule has 0 saturated carbocycles. The number of ether oxygens (including phenoxy) is 2. The highest BCUT2D eigenvalue weighted by Crippen LogP contribution is 2.30. The number of hydrogen-bond donors (Lipinski definition) is 2. The fourth-order valence-corrected chi connectivity index (χ4v) is 4.33. The summed E-state index contributed by atoms with van der Waals surface area (Å²) in [5, 5.41) is 16.6. The molecule has 0 aromatic heterocycles. The molecular formula is C25H26N4O7. The predicted octanol–water partition coefficient (Wildman–Crippen LogP) is 3.22. The van der Waals surface area contributed by atoms with Crippen LogP contribution in [-0.2, 0) is 14.3 Å². The summed E-state index contributed by atoms with van der Waals surface area (Å²) in [6, 6.07) is 11.5. The van der Waals surface area contributed by atoms with E-state index in [4.69, 9.17) is 9.47 Å². The van der Waals surface area contributed by atoms with Crippen LogP contribution in [0.1, 0.15) is 41.7 Å². The summed E-state index contributed by atoms with van der Waals surface area (Å²) in [5.41, 5.74) is 1.18. The van der Waals surface area contributed by atoms with Crippen LogP contribution in [0, 0.1) is 10.1 Å². The Morgan fingerprint density at radius 3 is 2.47 bits per heavy atom. The number of amides is 2. The SMILES string of the molecule is CCOC(=O)C1=C(COC(=O)c2cc([N+](=O)[O-])ccc2N2CCCC2)NC(=O)NC1c1ccccc1. The highest BCUT2D eigenvalue weighted by Gasteiger charge is 2.34. The maximum absolute atomic E-state index is 13.1. The molecule has 0 bridgehead atoms. The molecule has 2 N–H and O–H groups in total. The zero-order valence-corrected chi connectivity index (χ0v) is 19.7. The monoisotopic (exact) mass is 494 g/mol. The molecule has 188 valence electrons. The molecule has 2 amide bonds. The van der Waals surface area contributed by atoms with Crippen LogP contribution in [0.4, 0.5) is 16.2 Å². The van der Waals surface area contributed by atoms with Crippen LogP contribution in [0.5, 0.6) is 0 Å². The minimum absolute atomic E-state index is 0.0456. The Balaban J connectivity index is 1.66. The minimum Gasteiger partial charge on any atom is -0.463 e. The molecule has 2 aliphatic heterocycles. The molecule has 2 aromatic carbocycles. The van der Waals surface area contributed by atoms with E-state index in [0.717, 1.165) is 25.9 Å². The third-order valence-electron chi connectivity index (χ3n) is 5.99. The van der Waals surface area contributed by atoms with Crippen LogP contribution in [0.3, 0.4) is 0 Å². The number of hydrogen-bond acceptors (Lipinski definition) is 8. The smallest absolute Gasteiger partial charge is 0.340 e. The van der Waals surface area contributed by atoms with Crippen molar-refractivity contribution in [2.24, 2.45) is 0 Å². The zero-order chi connectivity index (χ0) is 25.7. The lowest BCUT2D eigenvalue weighted by molar-refractivity contribution is -0.384. The second-order valence-corrected chi connectivity index (χ2v) is 8.28. The van der Waals surface area contributed by atoms with Gasteiger partial charge < -0.3 is 25.0 Å². The second kappa shape index (κ2) is 10.9. The number of nitro groups is 1. The summed E-state index contributed by atoms with van der Waals surface area (Å²) < 4.78 is 10.7. The van der Waals surface area contributed by atoms with E-state index < -0.39 is 35.5 Å². The molecule has 4 rings (SSSR count). The number of urea groups is 1. The average molecular weight is 495 g/mol. The lowest BCUT2D eigenvalue weighted by Gasteiger charge is -2.29. The number of benzene rings is 2. The molecule has 2 aliphatic rings. The van der Waals surface area contributed by atoms with Crippen LogP contribution >= 0.6 is 0 Å². The fourth-order valence-electron chi connectivity index (χ4n) is 4.33. The minimum atomic E-state index is -0.814. The van der Waals surface area contributed by atoms with E-state index in [1.165, 1.54) is 12.1 Å². The third-order valence-corrected chi connectivity index (χ3v) is 5.99. The van der Waals surface area contributed by atoms with E-state index in [0.29, 0.717) is 11.3 Å². The molecule has 11 heteroatoms. The molecule has 36 heavy (non-hydrogen) atoms. The quantitative estimate of drug-likeness (QED) is 0.324. The van der Waals surface area contributed by atoms with Crippen molar-refractivity contribution in [1.82, 2.24) is 10.6 Å². The van der Waals surface area contributed by atoms with Gasteiger partial charge in [0, 0.05) is 25.2 Å². The van der Waals surface area contributed by atoms with Gasteiger partial charge in [0.25, 0.3) is 5.69 Å². The van der Waals surface area contributed by atoms with E-state index in [-0.39, 0.29) is 29.1 Å². The first-order valence-corrected chi connectivity index (χ1v) is 11.6. The van der Waals surface area contributed by atoms with Gasteiger partial charge in [-0.3, -0.25) is 10.1 Å². The maximum Gasteiger partial charge on any atom is 0.340 e. The predicted molar refractivity (Wildman–Crippen MR) is 129 cm³/mol. The number of nitrogens with one attached hydrogen (secondary N) is 2. The first-order chi connectivity index (χ1) is 17.4. The van der Waals surface area contributed by atoms with Crippen molar-refractivity contribution in [2.45, 2.75) is 25.8 Å². The maximum atomic E-state index is 13.1. The number of rotatable bonds is 8. The van der Waals surface area contributed by atoms with Gasteiger partial charge in [-0.2, -0.15) is 0 Å². The van der Waals surface area contributed by atoms with Gasteiger partial charge in [0.05, 0.1) is 40.1 Å². The molecule has 0 radical (unpaired) electrons. The van der Waals surface area contributed by atoms with Gasteiger partial charge in [0.2, 0.25) is 0 Å². The summed E-state index contributed by atoms with van der Waals surface area (Å²) >= 11 is 0.